The van der Waals surface area contributed by atoms with Crippen LogP contribution in [0.25, 0.3) is 10.4 Å². The maximum absolute atomic E-state index is 12.7. The van der Waals surface area contributed by atoms with Gasteiger partial charge in [0.15, 0.2) is 5.13 Å². The van der Waals surface area contributed by atoms with Crippen LogP contribution in [0.5, 0.6) is 5.75 Å². The Labute approximate surface area is 192 Å². The van der Waals surface area contributed by atoms with E-state index in [0.717, 1.165) is 35.4 Å². The molecule has 2 amide bonds. The number of ether oxygens (including phenoxy) is 2. The highest BCUT2D eigenvalue weighted by atomic mass is 32.1. The van der Waals surface area contributed by atoms with Crippen molar-refractivity contribution >= 4 is 34.3 Å². The van der Waals surface area contributed by atoms with Crippen molar-refractivity contribution in [1.82, 2.24) is 10.3 Å². The molecule has 0 saturated carbocycles. The number of nitrogens with one attached hydrogen (secondary N) is 2. The van der Waals surface area contributed by atoms with E-state index in [1.807, 2.05) is 13.0 Å². The number of aromatic nitrogens is 1. The molecule has 1 aromatic heterocycles. The number of rotatable bonds is 12. The lowest BCUT2D eigenvalue weighted by atomic mass is 10.1. The van der Waals surface area contributed by atoms with Gasteiger partial charge in [0.05, 0.1) is 30.4 Å². The van der Waals surface area contributed by atoms with Crippen LogP contribution in [0, 0.1) is 6.92 Å². The van der Waals surface area contributed by atoms with E-state index < -0.39 is 0 Å². The van der Waals surface area contributed by atoms with Crippen molar-refractivity contribution in [2.45, 2.75) is 52.4 Å². The molecular weight excluding hydrogens is 430 g/mol. The van der Waals surface area contributed by atoms with Crippen molar-refractivity contribution in [2.75, 3.05) is 26.1 Å². The van der Waals surface area contributed by atoms with E-state index >= 15 is 0 Å². The minimum atomic E-state index is -0.312. The number of esters is 1. The minimum Gasteiger partial charge on any atom is -0.496 e. The summed E-state index contributed by atoms with van der Waals surface area (Å²) >= 11 is 1.37. The predicted octanol–water partition coefficient (Wildman–Crippen LogP) is 4.33. The number of hydrogen-bond donors (Lipinski definition) is 2. The zero-order valence-electron chi connectivity index (χ0n) is 19.1. The molecule has 8 nitrogen and oxygen atoms in total. The first-order valence-electron chi connectivity index (χ1n) is 10.7. The Morgan fingerprint density at radius 2 is 1.88 bits per heavy atom. The molecule has 9 heteroatoms. The Kier molecular flexibility index (Phi) is 10.1. The third kappa shape index (κ3) is 7.33. The molecule has 0 atom stereocenters. The molecule has 2 rings (SSSR count). The summed E-state index contributed by atoms with van der Waals surface area (Å²) in [4.78, 5) is 41.4. The van der Waals surface area contributed by atoms with Crippen molar-refractivity contribution < 1.29 is 23.9 Å². The fourth-order valence-electron chi connectivity index (χ4n) is 3.09. The van der Waals surface area contributed by atoms with Gasteiger partial charge in [-0.2, -0.15) is 0 Å². The summed E-state index contributed by atoms with van der Waals surface area (Å²) in [5, 5.41) is 6.22. The van der Waals surface area contributed by atoms with Gasteiger partial charge in [0.25, 0.3) is 5.91 Å². The molecule has 0 fully saturated rings. The quantitative estimate of drug-likeness (QED) is 0.360. The highest BCUT2D eigenvalue weighted by molar-refractivity contribution is 7.19. The number of carbonyl (C=O) groups is 3. The lowest BCUT2D eigenvalue weighted by Gasteiger charge is -2.11. The van der Waals surface area contributed by atoms with Crippen LogP contribution in [-0.2, 0) is 14.3 Å². The third-order valence-electron chi connectivity index (χ3n) is 4.83. The Bertz CT molecular complexity index is 942. The molecule has 0 unspecified atom stereocenters. The molecule has 0 saturated heterocycles. The second kappa shape index (κ2) is 12.8. The zero-order valence-corrected chi connectivity index (χ0v) is 19.9. The van der Waals surface area contributed by atoms with E-state index in [-0.39, 0.29) is 24.2 Å². The number of nitrogens with zero attached hydrogens (tertiary/aromatic N) is 1. The van der Waals surface area contributed by atoms with E-state index in [0.29, 0.717) is 35.8 Å². The molecule has 32 heavy (non-hydrogen) atoms. The Balaban J connectivity index is 2.12. The summed E-state index contributed by atoms with van der Waals surface area (Å²) < 4.78 is 9.95. The molecule has 2 aromatic rings. The average molecular weight is 462 g/mol. The van der Waals surface area contributed by atoms with E-state index in [2.05, 4.69) is 27.3 Å². The predicted molar refractivity (Wildman–Crippen MR) is 125 cm³/mol. The number of hydrogen-bond acceptors (Lipinski definition) is 7. The fourth-order valence-corrected chi connectivity index (χ4v) is 4.07. The molecule has 2 N–H and O–H groups in total. The number of unbranched alkanes of at least 4 members (excludes halogenated alkanes) is 2. The topological polar surface area (TPSA) is 107 Å². The standard InChI is InChI=1S/C23H31N3O5S/c1-5-6-7-9-19(27)26-23-25-15(2)21(32-23)16-11-12-18(30-3)17(14-16)22(29)24-13-8-10-20(28)31-4/h11-12,14H,5-10,13H2,1-4H3,(H,24,29)(H,25,26,27). The van der Waals surface area contributed by atoms with Crippen molar-refractivity contribution in [2.24, 2.45) is 0 Å². The van der Waals surface area contributed by atoms with Gasteiger partial charge in [-0.15, -0.1) is 0 Å². The molecule has 0 aliphatic carbocycles. The number of amides is 2. The highest BCUT2D eigenvalue weighted by Gasteiger charge is 2.17. The van der Waals surface area contributed by atoms with Crippen molar-refractivity contribution in [3.05, 3.63) is 29.5 Å². The fraction of sp³-hybridized carbons (Fsp3) is 0.478. The molecule has 0 spiro atoms. The Morgan fingerprint density at radius 3 is 2.56 bits per heavy atom. The summed E-state index contributed by atoms with van der Waals surface area (Å²) in [7, 11) is 2.84. The molecule has 0 bridgehead atoms. The Morgan fingerprint density at radius 1 is 1.09 bits per heavy atom. The lowest BCUT2D eigenvalue weighted by molar-refractivity contribution is -0.140. The van der Waals surface area contributed by atoms with Gasteiger partial charge in [0, 0.05) is 19.4 Å². The maximum Gasteiger partial charge on any atom is 0.305 e. The monoisotopic (exact) mass is 461 g/mol. The van der Waals surface area contributed by atoms with Crippen LogP contribution in [0.3, 0.4) is 0 Å². The Hall–Kier alpha value is -2.94. The van der Waals surface area contributed by atoms with Crippen molar-refractivity contribution in [3.63, 3.8) is 0 Å². The second-order valence-corrected chi connectivity index (χ2v) is 8.29. The van der Waals surface area contributed by atoms with Gasteiger partial charge >= 0.3 is 5.97 Å². The number of methoxy groups -OCH3 is 2. The van der Waals surface area contributed by atoms with Gasteiger partial charge in [0.1, 0.15) is 5.75 Å². The van der Waals surface area contributed by atoms with E-state index in [4.69, 9.17) is 4.74 Å². The van der Waals surface area contributed by atoms with Crippen LogP contribution in [0.15, 0.2) is 18.2 Å². The molecule has 0 aliphatic heterocycles. The number of aryl methyl sites for hydroxylation is 1. The van der Waals surface area contributed by atoms with E-state index in [1.54, 1.807) is 12.1 Å². The van der Waals surface area contributed by atoms with Crippen molar-refractivity contribution in [3.8, 4) is 16.2 Å². The molecular formula is C23H31N3O5S. The molecule has 1 heterocycles. The lowest BCUT2D eigenvalue weighted by Crippen LogP contribution is -2.25. The molecule has 174 valence electrons. The SMILES string of the molecule is CCCCCC(=O)Nc1nc(C)c(-c2ccc(OC)c(C(=O)NCCCC(=O)OC)c2)s1. The first kappa shape index (κ1) is 25.3. The van der Waals surface area contributed by atoms with Crippen LogP contribution in [-0.4, -0.2) is 43.5 Å². The van der Waals surface area contributed by atoms with E-state index in [9.17, 15) is 14.4 Å². The maximum atomic E-state index is 12.7. The van der Waals surface area contributed by atoms with Crippen LogP contribution >= 0.6 is 11.3 Å². The normalized spacial score (nSPS) is 10.5. The summed E-state index contributed by atoms with van der Waals surface area (Å²) in [6.07, 6.45) is 4.14. The number of anilines is 1. The molecule has 0 radical (unpaired) electrons. The van der Waals surface area contributed by atoms with Crippen LogP contribution in [0.4, 0.5) is 5.13 Å². The van der Waals surface area contributed by atoms with Gasteiger partial charge in [-0.05, 0) is 43.5 Å². The summed E-state index contributed by atoms with van der Waals surface area (Å²) in [5.41, 5.74) is 1.97. The summed E-state index contributed by atoms with van der Waals surface area (Å²) in [5.74, 6) is -0.195. The van der Waals surface area contributed by atoms with Crippen LogP contribution in [0.1, 0.15) is 61.5 Å². The largest absolute Gasteiger partial charge is 0.496 e. The van der Waals surface area contributed by atoms with Gasteiger partial charge in [-0.3, -0.25) is 14.4 Å². The second-order valence-electron chi connectivity index (χ2n) is 7.29. The number of carbonyl (C=O) groups excluding carboxylic acids is 3. The van der Waals surface area contributed by atoms with E-state index in [1.165, 1.54) is 25.6 Å². The van der Waals surface area contributed by atoms with Gasteiger partial charge in [-0.25, -0.2) is 4.98 Å². The smallest absolute Gasteiger partial charge is 0.305 e. The number of thiazole rings is 1. The van der Waals surface area contributed by atoms with Crippen molar-refractivity contribution in [1.29, 1.82) is 0 Å². The van der Waals surface area contributed by atoms with Gasteiger partial charge in [0.2, 0.25) is 5.91 Å². The average Bonchev–Trinajstić information content (AvgIpc) is 3.15. The zero-order chi connectivity index (χ0) is 23.5. The summed E-state index contributed by atoms with van der Waals surface area (Å²) in [6.45, 7) is 4.31. The van der Waals surface area contributed by atoms with Crippen LogP contribution < -0.4 is 15.4 Å². The van der Waals surface area contributed by atoms with Crippen LogP contribution in [0.2, 0.25) is 0 Å². The third-order valence-corrected chi connectivity index (χ3v) is 5.95. The van der Waals surface area contributed by atoms with Gasteiger partial charge < -0.3 is 20.1 Å². The summed E-state index contributed by atoms with van der Waals surface area (Å²) in [6, 6.07) is 5.35. The van der Waals surface area contributed by atoms with Gasteiger partial charge in [-0.1, -0.05) is 31.1 Å². The highest BCUT2D eigenvalue weighted by Crippen LogP contribution is 2.35. The molecule has 1 aromatic carbocycles. The molecule has 0 aliphatic rings. The number of benzene rings is 1. The minimum absolute atomic E-state index is 0.0412. The first-order chi connectivity index (χ1) is 15.4. The first-order valence-corrected chi connectivity index (χ1v) is 11.5.